The lowest BCUT2D eigenvalue weighted by Gasteiger charge is -2.34. The largest absolute Gasteiger partial charge is 0.354 e. The number of nitrogens with zero attached hydrogens (tertiary/aromatic N) is 4. The van der Waals surface area contributed by atoms with Crippen molar-refractivity contribution >= 4 is 11.3 Å². The Morgan fingerprint density at radius 3 is 2.82 bits per heavy atom. The van der Waals surface area contributed by atoms with Gasteiger partial charge in [-0.3, -0.25) is 0 Å². The summed E-state index contributed by atoms with van der Waals surface area (Å²) >= 11 is 0. The summed E-state index contributed by atoms with van der Waals surface area (Å²) in [6, 6.07) is 2.09. The van der Waals surface area contributed by atoms with E-state index >= 15 is 0 Å². The molecule has 5 rings (SSSR count). The lowest BCUT2D eigenvalue weighted by atomic mass is 9.94. The van der Waals surface area contributed by atoms with E-state index in [0.717, 1.165) is 30.0 Å². The van der Waals surface area contributed by atoms with Gasteiger partial charge in [0.25, 0.3) is 5.92 Å². The summed E-state index contributed by atoms with van der Waals surface area (Å²) in [6.45, 7) is 1.21. The molecule has 1 spiro atoms. The molecule has 116 valence electrons. The Kier molecular flexibility index (Phi) is 2.31. The Balaban J connectivity index is 1.53. The maximum atomic E-state index is 13.7. The van der Waals surface area contributed by atoms with Gasteiger partial charge in [-0.05, 0) is 31.7 Å². The first-order chi connectivity index (χ1) is 10.6. The highest BCUT2D eigenvalue weighted by Crippen LogP contribution is 2.64. The molecule has 22 heavy (non-hydrogen) atoms. The Labute approximate surface area is 127 Å². The number of anilines is 1. The fourth-order valence-corrected chi connectivity index (χ4v) is 3.89. The van der Waals surface area contributed by atoms with Gasteiger partial charge in [-0.2, -0.15) is 5.10 Å². The molecule has 3 aliphatic rings. The summed E-state index contributed by atoms with van der Waals surface area (Å²) < 4.78 is 29.3. The number of fused-ring (bicyclic) bond motifs is 1. The molecule has 0 bridgehead atoms. The minimum absolute atomic E-state index is 0.0339. The first-order valence-corrected chi connectivity index (χ1v) is 8.05. The van der Waals surface area contributed by atoms with E-state index in [-0.39, 0.29) is 6.42 Å². The number of halogens is 2. The second-order valence-electron chi connectivity index (χ2n) is 7.11. The van der Waals surface area contributed by atoms with Crippen LogP contribution in [-0.2, 0) is 0 Å². The van der Waals surface area contributed by atoms with Crippen molar-refractivity contribution in [3.05, 3.63) is 24.2 Å². The van der Waals surface area contributed by atoms with Crippen LogP contribution in [0.15, 0.2) is 18.5 Å². The first-order valence-electron chi connectivity index (χ1n) is 8.05. The van der Waals surface area contributed by atoms with Crippen molar-refractivity contribution in [2.45, 2.75) is 43.9 Å². The number of rotatable bonds is 2. The number of hydrogen-bond acceptors (Lipinski definition) is 3. The number of aromatic nitrogens is 3. The van der Waals surface area contributed by atoms with Gasteiger partial charge in [0.15, 0.2) is 5.82 Å². The summed E-state index contributed by atoms with van der Waals surface area (Å²) in [5.41, 5.74) is 1.25. The number of alkyl halides is 2. The van der Waals surface area contributed by atoms with Crippen molar-refractivity contribution < 1.29 is 8.78 Å². The van der Waals surface area contributed by atoms with Crippen LogP contribution in [0, 0.1) is 5.41 Å². The minimum Gasteiger partial charge on any atom is -0.354 e. The van der Waals surface area contributed by atoms with Crippen LogP contribution in [0.5, 0.6) is 0 Å². The van der Waals surface area contributed by atoms with Gasteiger partial charge in [0.2, 0.25) is 0 Å². The van der Waals surface area contributed by atoms with Crippen LogP contribution in [0.25, 0.3) is 5.52 Å². The molecule has 2 saturated carbocycles. The van der Waals surface area contributed by atoms with Gasteiger partial charge in [-0.25, -0.2) is 18.3 Å². The van der Waals surface area contributed by atoms with Gasteiger partial charge in [-0.15, -0.1) is 0 Å². The van der Waals surface area contributed by atoms with Gasteiger partial charge in [0.05, 0.1) is 11.1 Å². The third-order valence-corrected chi connectivity index (χ3v) is 5.47. The van der Waals surface area contributed by atoms with E-state index in [0.29, 0.717) is 18.9 Å². The Morgan fingerprint density at radius 2 is 2.09 bits per heavy atom. The molecule has 1 atom stereocenters. The van der Waals surface area contributed by atoms with Crippen LogP contribution in [0.4, 0.5) is 14.6 Å². The van der Waals surface area contributed by atoms with E-state index in [1.54, 1.807) is 6.20 Å². The monoisotopic (exact) mass is 304 g/mol. The normalized spacial score (nSPS) is 30.2. The molecule has 6 heteroatoms. The quantitative estimate of drug-likeness (QED) is 0.854. The molecule has 4 nitrogen and oxygen atoms in total. The van der Waals surface area contributed by atoms with Crippen LogP contribution in [0.2, 0.25) is 0 Å². The van der Waals surface area contributed by atoms with Crippen LogP contribution in [0.1, 0.15) is 43.7 Å². The average Bonchev–Trinajstić information content (AvgIpc) is 3.36. The molecule has 2 aromatic rings. The van der Waals surface area contributed by atoms with Crippen molar-refractivity contribution in [1.82, 2.24) is 14.6 Å². The molecule has 2 aliphatic carbocycles. The van der Waals surface area contributed by atoms with E-state index in [1.165, 1.54) is 12.8 Å². The predicted molar refractivity (Wildman–Crippen MR) is 78.4 cm³/mol. The standard InChI is InChI=1S/C16H18F2N4/c17-16(18)9-15(16)4-1-6-21(10-15)14-13-8-12(11-2-3-11)20-22(13)7-5-19-14/h5,7-8,11H,1-4,6,9-10H2. The van der Waals surface area contributed by atoms with Crippen molar-refractivity contribution in [1.29, 1.82) is 0 Å². The Hall–Kier alpha value is -1.72. The van der Waals surface area contributed by atoms with Crippen LogP contribution in [-0.4, -0.2) is 33.6 Å². The van der Waals surface area contributed by atoms with Crippen molar-refractivity contribution in [3.8, 4) is 0 Å². The van der Waals surface area contributed by atoms with E-state index in [4.69, 9.17) is 0 Å². The molecular formula is C16H18F2N4. The zero-order valence-electron chi connectivity index (χ0n) is 12.3. The van der Waals surface area contributed by atoms with Gasteiger partial charge in [0.1, 0.15) is 5.52 Å². The first kappa shape index (κ1) is 12.8. The lowest BCUT2D eigenvalue weighted by Crippen LogP contribution is -2.39. The molecular weight excluding hydrogens is 286 g/mol. The highest BCUT2D eigenvalue weighted by molar-refractivity contribution is 5.69. The topological polar surface area (TPSA) is 33.4 Å². The maximum Gasteiger partial charge on any atom is 0.256 e. The molecule has 1 saturated heterocycles. The molecule has 3 heterocycles. The van der Waals surface area contributed by atoms with Gasteiger partial charge in [0, 0.05) is 37.8 Å². The molecule has 0 aromatic carbocycles. The third kappa shape index (κ3) is 1.72. The molecule has 0 radical (unpaired) electrons. The second-order valence-corrected chi connectivity index (χ2v) is 7.11. The highest BCUT2D eigenvalue weighted by atomic mass is 19.3. The zero-order valence-corrected chi connectivity index (χ0v) is 12.3. The Bertz CT molecular complexity index is 752. The summed E-state index contributed by atoms with van der Waals surface area (Å²) in [6.07, 6.45) is 7.44. The van der Waals surface area contributed by atoms with Gasteiger partial charge < -0.3 is 4.90 Å². The molecule has 0 N–H and O–H groups in total. The lowest BCUT2D eigenvalue weighted by molar-refractivity contribution is 0.0575. The van der Waals surface area contributed by atoms with Crippen molar-refractivity contribution in [3.63, 3.8) is 0 Å². The molecule has 1 aliphatic heterocycles. The van der Waals surface area contributed by atoms with E-state index < -0.39 is 11.3 Å². The van der Waals surface area contributed by atoms with E-state index in [9.17, 15) is 8.78 Å². The third-order valence-electron chi connectivity index (χ3n) is 5.47. The zero-order chi connectivity index (χ0) is 14.9. The average molecular weight is 304 g/mol. The smallest absolute Gasteiger partial charge is 0.256 e. The second kappa shape index (κ2) is 3.97. The summed E-state index contributed by atoms with van der Waals surface area (Å²) in [5.74, 6) is -1.10. The fourth-order valence-electron chi connectivity index (χ4n) is 3.89. The van der Waals surface area contributed by atoms with Crippen molar-refractivity contribution in [2.24, 2.45) is 5.41 Å². The van der Waals surface area contributed by atoms with Gasteiger partial charge >= 0.3 is 0 Å². The maximum absolute atomic E-state index is 13.7. The summed E-state index contributed by atoms with van der Waals surface area (Å²) in [5, 5.41) is 4.61. The molecule has 0 amide bonds. The van der Waals surface area contributed by atoms with E-state index in [2.05, 4.69) is 16.1 Å². The van der Waals surface area contributed by atoms with Gasteiger partial charge in [-0.1, -0.05) is 0 Å². The Morgan fingerprint density at radius 1 is 1.27 bits per heavy atom. The SMILES string of the molecule is FC1(F)CC12CCCN(c1nccn3nc(C4CC4)cc13)C2. The fraction of sp³-hybridized carbons (Fsp3) is 0.625. The minimum atomic E-state index is -2.49. The molecule has 3 fully saturated rings. The van der Waals surface area contributed by atoms with Crippen LogP contribution >= 0.6 is 0 Å². The molecule has 1 unspecified atom stereocenters. The molecule has 2 aromatic heterocycles. The summed E-state index contributed by atoms with van der Waals surface area (Å²) in [7, 11) is 0. The highest BCUT2D eigenvalue weighted by Gasteiger charge is 2.71. The number of hydrogen-bond donors (Lipinski definition) is 0. The van der Waals surface area contributed by atoms with E-state index in [1.807, 2.05) is 15.6 Å². The van der Waals surface area contributed by atoms with Crippen LogP contribution in [0.3, 0.4) is 0 Å². The van der Waals surface area contributed by atoms with Crippen molar-refractivity contribution in [2.75, 3.05) is 18.0 Å². The number of piperidine rings is 1. The summed E-state index contributed by atoms with van der Waals surface area (Å²) in [4.78, 5) is 6.52. The predicted octanol–water partition coefficient (Wildman–Crippen LogP) is 3.23. The van der Waals surface area contributed by atoms with Crippen LogP contribution < -0.4 is 4.90 Å².